The van der Waals surface area contributed by atoms with Gasteiger partial charge in [-0.2, -0.15) is 0 Å². The van der Waals surface area contributed by atoms with E-state index in [9.17, 15) is 4.79 Å². The fourth-order valence-electron chi connectivity index (χ4n) is 1.28. The zero-order chi connectivity index (χ0) is 9.68. The SMILES string of the molecule is C/C=C(/C)C(=O)NCC1CCCO1. The van der Waals surface area contributed by atoms with Gasteiger partial charge in [-0.25, -0.2) is 0 Å². The molecular weight excluding hydrogens is 166 g/mol. The molecule has 0 aromatic heterocycles. The number of ether oxygens (including phenoxy) is 1. The van der Waals surface area contributed by atoms with E-state index in [1.165, 1.54) is 0 Å². The molecule has 0 aromatic carbocycles. The number of nitrogens with one attached hydrogen (secondary N) is 1. The molecule has 1 aliphatic heterocycles. The Labute approximate surface area is 79.2 Å². The Balaban J connectivity index is 2.21. The van der Waals surface area contributed by atoms with Crippen LogP contribution in [0.4, 0.5) is 0 Å². The van der Waals surface area contributed by atoms with Crippen LogP contribution in [-0.4, -0.2) is 25.2 Å². The quantitative estimate of drug-likeness (QED) is 0.669. The van der Waals surface area contributed by atoms with Gasteiger partial charge in [-0.15, -0.1) is 0 Å². The second kappa shape index (κ2) is 5.02. The van der Waals surface area contributed by atoms with E-state index in [4.69, 9.17) is 4.74 Å². The number of hydrogen-bond acceptors (Lipinski definition) is 2. The van der Waals surface area contributed by atoms with Gasteiger partial charge >= 0.3 is 0 Å². The first-order chi connectivity index (χ1) is 6.24. The third kappa shape index (κ3) is 3.19. The average Bonchev–Trinajstić information content (AvgIpc) is 2.65. The van der Waals surface area contributed by atoms with Gasteiger partial charge in [0.25, 0.3) is 0 Å². The van der Waals surface area contributed by atoms with E-state index in [0.717, 1.165) is 25.0 Å². The molecule has 1 saturated heterocycles. The third-order valence-corrected chi connectivity index (χ3v) is 2.31. The highest BCUT2D eigenvalue weighted by molar-refractivity contribution is 5.92. The molecule has 1 rings (SSSR count). The summed E-state index contributed by atoms with van der Waals surface area (Å²) in [7, 11) is 0. The summed E-state index contributed by atoms with van der Waals surface area (Å²) in [6.45, 7) is 5.15. The van der Waals surface area contributed by atoms with Crippen LogP contribution in [0.1, 0.15) is 26.7 Å². The molecule has 0 bridgehead atoms. The maximum absolute atomic E-state index is 11.3. The van der Waals surface area contributed by atoms with Gasteiger partial charge in [0.05, 0.1) is 6.10 Å². The van der Waals surface area contributed by atoms with Crippen molar-refractivity contribution in [2.24, 2.45) is 0 Å². The molecule has 74 valence electrons. The summed E-state index contributed by atoms with van der Waals surface area (Å²) in [5.74, 6) is 0.0120. The summed E-state index contributed by atoms with van der Waals surface area (Å²) in [5, 5.41) is 2.84. The number of amides is 1. The fraction of sp³-hybridized carbons (Fsp3) is 0.700. The molecule has 3 heteroatoms. The van der Waals surface area contributed by atoms with Crippen molar-refractivity contribution < 1.29 is 9.53 Å². The van der Waals surface area contributed by atoms with Gasteiger partial charge in [-0.3, -0.25) is 4.79 Å². The van der Waals surface area contributed by atoms with Crippen molar-refractivity contribution in [2.75, 3.05) is 13.2 Å². The first-order valence-corrected chi connectivity index (χ1v) is 4.76. The Morgan fingerprint density at radius 1 is 1.69 bits per heavy atom. The van der Waals surface area contributed by atoms with Crippen molar-refractivity contribution in [2.45, 2.75) is 32.8 Å². The van der Waals surface area contributed by atoms with Gasteiger partial charge in [0.15, 0.2) is 0 Å². The molecule has 1 fully saturated rings. The predicted molar refractivity (Wildman–Crippen MR) is 51.4 cm³/mol. The van der Waals surface area contributed by atoms with Crippen molar-refractivity contribution in [3.8, 4) is 0 Å². The van der Waals surface area contributed by atoms with Crippen LogP contribution >= 0.6 is 0 Å². The highest BCUT2D eigenvalue weighted by Gasteiger charge is 2.16. The Bertz CT molecular complexity index is 205. The molecule has 1 heterocycles. The van der Waals surface area contributed by atoms with Gasteiger partial charge in [0.2, 0.25) is 5.91 Å². The van der Waals surface area contributed by atoms with Crippen LogP contribution in [0.5, 0.6) is 0 Å². The molecule has 1 amide bonds. The van der Waals surface area contributed by atoms with E-state index >= 15 is 0 Å². The standard InChI is InChI=1S/C10H17NO2/c1-3-8(2)10(12)11-7-9-5-4-6-13-9/h3,9H,4-7H2,1-2H3,(H,11,12)/b8-3-. The highest BCUT2D eigenvalue weighted by Crippen LogP contribution is 2.10. The minimum absolute atomic E-state index is 0.0120. The zero-order valence-corrected chi connectivity index (χ0v) is 8.30. The summed E-state index contributed by atoms with van der Waals surface area (Å²) in [5.41, 5.74) is 0.762. The number of hydrogen-bond donors (Lipinski definition) is 1. The van der Waals surface area contributed by atoms with Crippen LogP contribution < -0.4 is 5.32 Å². The summed E-state index contributed by atoms with van der Waals surface area (Å²) >= 11 is 0. The predicted octanol–water partition coefficient (Wildman–Crippen LogP) is 1.25. The van der Waals surface area contributed by atoms with Crippen molar-refractivity contribution in [1.82, 2.24) is 5.32 Å². The van der Waals surface area contributed by atoms with Crippen molar-refractivity contribution in [3.63, 3.8) is 0 Å². The molecule has 0 radical (unpaired) electrons. The molecule has 1 N–H and O–H groups in total. The van der Waals surface area contributed by atoms with E-state index in [-0.39, 0.29) is 12.0 Å². The van der Waals surface area contributed by atoms with Gasteiger partial charge in [0.1, 0.15) is 0 Å². The number of carbonyl (C=O) groups excluding carboxylic acids is 1. The van der Waals surface area contributed by atoms with Crippen molar-refractivity contribution >= 4 is 5.91 Å². The summed E-state index contributed by atoms with van der Waals surface area (Å²) in [4.78, 5) is 11.3. The summed E-state index contributed by atoms with van der Waals surface area (Å²) < 4.78 is 5.38. The minimum atomic E-state index is 0.0120. The molecule has 0 spiro atoms. The van der Waals surface area contributed by atoms with Crippen LogP contribution in [-0.2, 0) is 9.53 Å². The lowest BCUT2D eigenvalue weighted by Crippen LogP contribution is -2.32. The van der Waals surface area contributed by atoms with Gasteiger partial charge in [0, 0.05) is 18.7 Å². The molecule has 0 aromatic rings. The largest absolute Gasteiger partial charge is 0.376 e. The Morgan fingerprint density at radius 2 is 2.46 bits per heavy atom. The van der Waals surface area contributed by atoms with E-state index in [1.54, 1.807) is 0 Å². The Morgan fingerprint density at radius 3 is 3.00 bits per heavy atom. The topological polar surface area (TPSA) is 38.3 Å². The average molecular weight is 183 g/mol. The molecule has 1 aliphatic rings. The van der Waals surface area contributed by atoms with Crippen LogP contribution in [0.3, 0.4) is 0 Å². The monoisotopic (exact) mass is 183 g/mol. The number of rotatable bonds is 3. The highest BCUT2D eigenvalue weighted by atomic mass is 16.5. The lowest BCUT2D eigenvalue weighted by Gasteiger charge is -2.10. The van der Waals surface area contributed by atoms with Gasteiger partial charge < -0.3 is 10.1 Å². The van der Waals surface area contributed by atoms with E-state index in [0.29, 0.717) is 6.54 Å². The first kappa shape index (κ1) is 10.3. The number of carbonyl (C=O) groups is 1. The second-order valence-corrected chi connectivity index (χ2v) is 3.32. The van der Waals surface area contributed by atoms with Crippen LogP contribution in [0, 0.1) is 0 Å². The first-order valence-electron chi connectivity index (χ1n) is 4.76. The van der Waals surface area contributed by atoms with Gasteiger partial charge in [-0.05, 0) is 26.7 Å². The normalized spacial score (nSPS) is 23.2. The van der Waals surface area contributed by atoms with Crippen LogP contribution in [0.25, 0.3) is 0 Å². The molecule has 13 heavy (non-hydrogen) atoms. The van der Waals surface area contributed by atoms with E-state index < -0.39 is 0 Å². The number of allylic oxidation sites excluding steroid dienone is 1. The van der Waals surface area contributed by atoms with E-state index in [2.05, 4.69) is 5.32 Å². The Hall–Kier alpha value is -0.830. The molecule has 0 saturated carbocycles. The van der Waals surface area contributed by atoms with Crippen molar-refractivity contribution in [1.29, 1.82) is 0 Å². The molecule has 1 unspecified atom stereocenters. The maximum Gasteiger partial charge on any atom is 0.246 e. The molecular formula is C10H17NO2. The van der Waals surface area contributed by atoms with Gasteiger partial charge in [-0.1, -0.05) is 6.08 Å². The van der Waals surface area contributed by atoms with E-state index in [1.807, 2.05) is 19.9 Å². The molecule has 3 nitrogen and oxygen atoms in total. The van der Waals surface area contributed by atoms with Crippen LogP contribution in [0.2, 0.25) is 0 Å². The molecule has 0 aliphatic carbocycles. The third-order valence-electron chi connectivity index (χ3n) is 2.31. The lowest BCUT2D eigenvalue weighted by molar-refractivity contribution is -0.117. The minimum Gasteiger partial charge on any atom is -0.376 e. The summed E-state index contributed by atoms with van der Waals surface area (Å²) in [6.07, 6.45) is 4.22. The second-order valence-electron chi connectivity index (χ2n) is 3.32. The lowest BCUT2D eigenvalue weighted by atomic mass is 10.2. The maximum atomic E-state index is 11.3. The molecule has 1 atom stereocenters. The zero-order valence-electron chi connectivity index (χ0n) is 8.30. The van der Waals surface area contributed by atoms with Crippen LogP contribution in [0.15, 0.2) is 11.6 Å². The van der Waals surface area contributed by atoms with Crippen molar-refractivity contribution in [3.05, 3.63) is 11.6 Å². The smallest absolute Gasteiger partial charge is 0.246 e. The Kier molecular flexibility index (Phi) is 3.96. The fourth-order valence-corrected chi connectivity index (χ4v) is 1.28. The summed E-state index contributed by atoms with van der Waals surface area (Å²) in [6, 6.07) is 0.